The Labute approximate surface area is 136 Å². The van der Waals surface area contributed by atoms with Crippen LogP contribution in [0.4, 0.5) is 0 Å². The van der Waals surface area contributed by atoms with Crippen molar-refractivity contribution < 1.29 is 17.9 Å². The number of piperidine rings is 1. The quantitative estimate of drug-likeness (QED) is 0.673. The Morgan fingerprint density at radius 1 is 1.30 bits per heavy atom. The van der Waals surface area contributed by atoms with Crippen molar-refractivity contribution in [1.82, 2.24) is 10.6 Å². The number of sulfonamides is 1. The second kappa shape index (κ2) is 7.39. The van der Waals surface area contributed by atoms with Gasteiger partial charge in [0, 0.05) is 13.7 Å². The zero-order valence-electron chi connectivity index (χ0n) is 13.2. The van der Waals surface area contributed by atoms with E-state index >= 15 is 0 Å². The highest BCUT2D eigenvalue weighted by Gasteiger charge is 2.39. The van der Waals surface area contributed by atoms with Crippen LogP contribution in [-0.2, 0) is 26.1 Å². The SMILES string of the molecule is COCC1(C(=O)NCc2ccc(S(N)(=O)=O)cc2)CCNCC1. The molecule has 1 aromatic rings. The van der Waals surface area contributed by atoms with Gasteiger partial charge in [-0.1, -0.05) is 12.1 Å². The normalized spacial score (nSPS) is 17.7. The molecule has 0 saturated carbocycles. The van der Waals surface area contributed by atoms with E-state index < -0.39 is 15.4 Å². The van der Waals surface area contributed by atoms with Crippen LogP contribution in [0.3, 0.4) is 0 Å². The molecule has 0 bridgehead atoms. The third kappa shape index (κ3) is 4.51. The minimum Gasteiger partial charge on any atom is -0.384 e. The van der Waals surface area contributed by atoms with E-state index in [2.05, 4.69) is 10.6 Å². The number of methoxy groups -OCH3 is 1. The Hall–Kier alpha value is -1.48. The Morgan fingerprint density at radius 2 is 1.91 bits per heavy atom. The summed E-state index contributed by atoms with van der Waals surface area (Å²) >= 11 is 0. The van der Waals surface area contributed by atoms with Crippen molar-refractivity contribution in [2.75, 3.05) is 26.8 Å². The first-order valence-electron chi connectivity index (χ1n) is 7.47. The maximum absolute atomic E-state index is 12.6. The van der Waals surface area contributed by atoms with Gasteiger partial charge in [-0.2, -0.15) is 0 Å². The third-order valence-electron chi connectivity index (χ3n) is 4.17. The monoisotopic (exact) mass is 341 g/mol. The highest BCUT2D eigenvalue weighted by molar-refractivity contribution is 7.89. The summed E-state index contributed by atoms with van der Waals surface area (Å²) in [6.07, 6.45) is 1.47. The lowest BCUT2D eigenvalue weighted by Gasteiger charge is -2.35. The van der Waals surface area contributed by atoms with Crippen LogP contribution in [-0.4, -0.2) is 41.1 Å². The fourth-order valence-electron chi connectivity index (χ4n) is 2.79. The third-order valence-corrected chi connectivity index (χ3v) is 5.10. The molecule has 128 valence electrons. The first-order valence-corrected chi connectivity index (χ1v) is 9.02. The van der Waals surface area contributed by atoms with Gasteiger partial charge < -0.3 is 15.4 Å². The zero-order chi connectivity index (χ0) is 16.9. The maximum Gasteiger partial charge on any atom is 0.238 e. The van der Waals surface area contributed by atoms with E-state index in [-0.39, 0.29) is 10.8 Å². The molecule has 8 heteroatoms. The molecule has 2 rings (SSSR count). The average Bonchev–Trinajstić information content (AvgIpc) is 2.53. The van der Waals surface area contributed by atoms with Gasteiger partial charge in [-0.3, -0.25) is 4.79 Å². The van der Waals surface area contributed by atoms with Gasteiger partial charge in [0.2, 0.25) is 15.9 Å². The lowest BCUT2D eigenvalue weighted by atomic mass is 9.78. The minimum absolute atomic E-state index is 0.0311. The molecule has 0 spiro atoms. The molecule has 1 amide bonds. The summed E-state index contributed by atoms with van der Waals surface area (Å²) in [6.45, 7) is 2.31. The van der Waals surface area contributed by atoms with Crippen LogP contribution in [0.1, 0.15) is 18.4 Å². The molecule has 7 nitrogen and oxygen atoms in total. The first-order chi connectivity index (χ1) is 10.9. The number of ether oxygens (including phenoxy) is 1. The Morgan fingerprint density at radius 3 is 2.43 bits per heavy atom. The molecule has 1 heterocycles. The van der Waals surface area contributed by atoms with Crippen molar-refractivity contribution in [3.05, 3.63) is 29.8 Å². The van der Waals surface area contributed by atoms with Crippen LogP contribution < -0.4 is 15.8 Å². The van der Waals surface area contributed by atoms with Gasteiger partial charge in [0.1, 0.15) is 0 Å². The van der Waals surface area contributed by atoms with Crippen LogP contribution in [0.2, 0.25) is 0 Å². The Balaban J connectivity index is 2.00. The van der Waals surface area contributed by atoms with Gasteiger partial charge >= 0.3 is 0 Å². The number of amides is 1. The number of primary sulfonamides is 1. The van der Waals surface area contributed by atoms with E-state index in [9.17, 15) is 13.2 Å². The van der Waals surface area contributed by atoms with E-state index in [1.165, 1.54) is 12.1 Å². The molecule has 0 atom stereocenters. The lowest BCUT2D eigenvalue weighted by molar-refractivity contribution is -0.136. The van der Waals surface area contributed by atoms with Crippen molar-refractivity contribution in [2.24, 2.45) is 10.6 Å². The van der Waals surface area contributed by atoms with Gasteiger partial charge in [-0.15, -0.1) is 0 Å². The molecule has 1 aliphatic heterocycles. The highest BCUT2D eigenvalue weighted by atomic mass is 32.2. The van der Waals surface area contributed by atoms with E-state index in [1.54, 1.807) is 19.2 Å². The van der Waals surface area contributed by atoms with Crippen LogP contribution in [0.15, 0.2) is 29.2 Å². The van der Waals surface area contributed by atoms with Gasteiger partial charge in [-0.25, -0.2) is 13.6 Å². The number of nitrogens with two attached hydrogens (primary N) is 1. The number of hydrogen-bond donors (Lipinski definition) is 3. The van der Waals surface area contributed by atoms with Gasteiger partial charge in [0.25, 0.3) is 0 Å². The molecule has 23 heavy (non-hydrogen) atoms. The Kier molecular flexibility index (Phi) is 5.74. The average molecular weight is 341 g/mol. The predicted molar refractivity (Wildman–Crippen MR) is 86.1 cm³/mol. The smallest absolute Gasteiger partial charge is 0.238 e. The van der Waals surface area contributed by atoms with Crippen LogP contribution in [0.5, 0.6) is 0 Å². The molecule has 1 fully saturated rings. The Bertz CT molecular complexity index is 632. The second-order valence-corrected chi connectivity index (χ2v) is 7.40. The number of hydrogen-bond acceptors (Lipinski definition) is 5. The summed E-state index contributed by atoms with van der Waals surface area (Å²) in [5.41, 5.74) is 0.313. The number of carbonyl (C=O) groups excluding carboxylic acids is 1. The summed E-state index contributed by atoms with van der Waals surface area (Å²) < 4.78 is 27.7. The minimum atomic E-state index is -3.70. The van der Waals surface area contributed by atoms with Gasteiger partial charge in [0.15, 0.2) is 0 Å². The van der Waals surface area contributed by atoms with Crippen LogP contribution >= 0.6 is 0 Å². The summed E-state index contributed by atoms with van der Waals surface area (Å²) in [5, 5.41) is 11.2. The maximum atomic E-state index is 12.6. The molecule has 0 radical (unpaired) electrons. The number of carbonyl (C=O) groups is 1. The number of benzene rings is 1. The molecule has 0 aliphatic carbocycles. The largest absolute Gasteiger partial charge is 0.384 e. The number of nitrogens with one attached hydrogen (secondary N) is 2. The van der Waals surface area contributed by atoms with Gasteiger partial charge in [-0.05, 0) is 43.6 Å². The molecule has 4 N–H and O–H groups in total. The lowest BCUT2D eigenvalue weighted by Crippen LogP contribution is -2.49. The van der Waals surface area contributed by atoms with Gasteiger partial charge in [0.05, 0.1) is 16.9 Å². The predicted octanol–water partition coefficient (Wildman–Crippen LogP) is -0.0336. The van der Waals surface area contributed by atoms with Crippen molar-refractivity contribution >= 4 is 15.9 Å². The van der Waals surface area contributed by atoms with Crippen LogP contribution in [0.25, 0.3) is 0 Å². The highest BCUT2D eigenvalue weighted by Crippen LogP contribution is 2.29. The molecule has 1 saturated heterocycles. The van der Waals surface area contributed by atoms with E-state index in [0.717, 1.165) is 31.5 Å². The summed E-state index contributed by atoms with van der Waals surface area (Å²) in [4.78, 5) is 12.6. The fourth-order valence-corrected chi connectivity index (χ4v) is 3.30. The van der Waals surface area contributed by atoms with E-state index in [1.807, 2.05) is 0 Å². The summed E-state index contributed by atoms with van der Waals surface area (Å²) in [7, 11) is -2.10. The topological polar surface area (TPSA) is 111 Å². The molecular formula is C15H23N3O4S. The molecule has 1 aliphatic rings. The molecule has 0 aromatic heterocycles. The molecule has 0 unspecified atom stereocenters. The summed E-state index contributed by atoms with van der Waals surface area (Å²) in [6, 6.07) is 6.16. The number of rotatable bonds is 6. The standard InChI is InChI=1S/C15H23N3O4S/c1-22-11-15(6-8-17-9-7-15)14(19)18-10-12-2-4-13(5-3-12)23(16,20)21/h2-5,17H,6-11H2,1H3,(H,18,19)(H2,16,20,21). The van der Waals surface area contributed by atoms with Crippen molar-refractivity contribution in [3.8, 4) is 0 Å². The second-order valence-electron chi connectivity index (χ2n) is 5.83. The van der Waals surface area contributed by atoms with Crippen LogP contribution in [0, 0.1) is 5.41 Å². The molecular weight excluding hydrogens is 318 g/mol. The van der Waals surface area contributed by atoms with E-state index in [0.29, 0.717) is 13.2 Å². The van der Waals surface area contributed by atoms with E-state index in [4.69, 9.17) is 9.88 Å². The first kappa shape index (κ1) is 17.9. The van der Waals surface area contributed by atoms with Crippen molar-refractivity contribution in [2.45, 2.75) is 24.3 Å². The molecule has 1 aromatic carbocycles. The fraction of sp³-hybridized carbons (Fsp3) is 0.533. The summed E-state index contributed by atoms with van der Waals surface area (Å²) in [5.74, 6) is -0.0311. The van der Waals surface area contributed by atoms with Crippen molar-refractivity contribution in [1.29, 1.82) is 0 Å². The zero-order valence-corrected chi connectivity index (χ0v) is 14.0. The van der Waals surface area contributed by atoms with Crippen molar-refractivity contribution in [3.63, 3.8) is 0 Å².